The lowest BCUT2D eigenvalue weighted by atomic mass is 9.94. The van der Waals surface area contributed by atoms with Crippen molar-refractivity contribution >= 4 is 11.7 Å². The zero-order valence-corrected chi connectivity index (χ0v) is 16.7. The molecule has 0 aliphatic carbocycles. The molecule has 3 aromatic carbocycles. The molecule has 3 aromatic rings. The van der Waals surface area contributed by atoms with Crippen LogP contribution in [0.3, 0.4) is 0 Å². The summed E-state index contributed by atoms with van der Waals surface area (Å²) < 4.78 is 5.51. The largest absolute Gasteiger partial charge is 0.492 e. The molecule has 0 saturated heterocycles. The van der Waals surface area contributed by atoms with E-state index in [-0.39, 0.29) is 6.54 Å². The lowest BCUT2D eigenvalue weighted by molar-refractivity contribution is 0.0600. The number of anilines is 1. The molecule has 29 heavy (non-hydrogen) atoms. The van der Waals surface area contributed by atoms with Crippen LogP contribution in [0.4, 0.5) is 10.5 Å². The number of ether oxygens (including phenoxy) is 1. The van der Waals surface area contributed by atoms with E-state index in [0.29, 0.717) is 18.0 Å². The van der Waals surface area contributed by atoms with Gasteiger partial charge in [0.05, 0.1) is 18.8 Å². The minimum atomic E-state index is -1.20. The number of para-hydroxylation sites is 2. The summed E-state index contributed by atoms with van der Waals surface area (Å²) in [4.78, 5) is 12.3. The molecule has 5 heteroatoms. The fraction of sp³-hybridized carbons (Fsp3) is 0.208. The number of hydrogen-bond acceptors (Lipinski definition) is 3. The molecule has 0 heterocycles. The quantitative estimate of drug-likeness (QED) is 0.544. The van der Waals surface area contributed by atoms with Gasteiger partial charge in [0, 0.05) is 0 Å². The topological polar surface area (TPSA) is 70.6 Å². The fourth-order valence-corrected chi connectivity index (χ4v) is 3.02. The Labute approximate surface area is 171 Å². The van der Waals surface area contributed by atoms with Gasteiger partial charge in [0.25, 0.3) is 0 Å². The van der Waals surface area contributed by atoms with E-state index in [2.05, 4.69) is 10.6 Å². The van der Waals surface area contributed by atoms with Crippen LogP contribution >= 0.6 is 0 Å². The third-order valence-corrected chi connectivity index (χ3v) is 4.64. The van der Waals surface area contributed by atoms with Crippen molar-refractivity contribution in [2.24, 2.45) is 0 Å². The van der Waals surface area contributed by atoms with Gasteiger partial charge >= 0.3 is 6.03 Å². The number of benzene rings is 3. The summed E-state index contributed by atoms with van der Waals surface area (Å²) in [6.45, 7) is 4.14. The molecule has 2 amide bonds. The third-order valence-electron chi connectivity index (χ3n) is 4.64. The van der Waals surface area contributed by atoms with Crippen molar-refractivity contribution in [1.82, 2.24) is 5.32 Å². The Balaban J connectivity index is 1.61. The van der Waals surface area contributed by atoms with Crippen LogP contribution in [0, 0.1) is 0 Å². The fourth-order valence-electron chi connectivity index (χ4n) is 3.02. The van der Waals surface area contributed by atoms with Gasteiger partial charge in [0.15, 0.2) is 0 Å². The van der Waals surface area contributed by atoms with Gasteiger partial charge in [0.2, 0.25) is 0 Å². The van der Waals surface area contributed by atoms with Gasteiger partial charge in [-0.1, -0.05) is 66.7 Å². The number of aliphatic hydroxyl groups is 1. The smallest absolute Gasteiger partial charge is 0.319 e. The highest BCUT2D eigenvalue weighted by Gasteiger charge is 2.24. The average Bonchev–Trinajstić information content (AvgIpc) is 2.75. The molecule has 0 fully saturated rings. The van der Waals surface area contributed by atoms with Gasteiger partial charge in [-0.2, -0.15) is 0 Å². The SMILES string of the molecule is CCOc1ccccc1NC(=O)NCC(C)(O)c1ccc(-c2ccccc2)cc1. The van der Waals surface area contributed by atoms with Crippen molar-refractivity contribution in [3.63, 3.8) is 0 Å². The van der Waals surface area contributed by atoms with Crippen LogP contribution < -0.4 is 15.4 Å². The van der Waals surface area contributed by atoms with Gasteiger partial charge < -0.3 is 20.5 Å². The highest BCUT2D eigenvalue weighted by molar-refractivity contribution is 5.90. The molecule has 0 aromatic heterocycles. The number of carbonyl (C=O) groups is 1. The minimum Gasteiger partial charge on any atom is -0.492 e. The molecule has 0 bridgehead atoms. The molecule has 150 valence electrons. The van der Waals surface area contributed by atoms with Crippen LogP contribution in [0.2, 0.25) is 0 Å². The Kier molecular flexibility index (Phi) is 6.52. The van der Waals surface area contributed by atoms with Gasteiger partial charge in [0.1, 0.15) is 11.4 Å². The van der Waals surface area contributed by atoms with Crippen molar-refractivity contribution in [1.29, 1.82) is 0 Å². The van der Waals surface area contributed by atoms with Crippen LogP contribution in [0.25, 0.3) is 11.1 Å². The molecule has 3 rings (SSSR count). The highest BCUT2D eigenvalue weighted by Crippen LogP contribution is 2.26. The summed E-state index contributed by atoms with van der Waals surface area (Å²) in [7, 11) is 0. The summed E-state index contributed by atoms with van der Waals surface area (Å²) in [6, 6.07) is 24.6. The first-order valence-corrected chi connectivity index (χ1v) is 9.64. The first-order chi connectivity index (χ1) is 14.0. The Morgan fingerprint density at radius 3 is 2.24 bits per heavy atom. The number of urea groups is 1. The molecule has 3 N–H and O–H groups in total. The van der Waals surface area contributed by atoms with E-state index in [4.69, 9.17) is 4.74 Å². The molecule has 0 spiro atoms. The van der Waals surface area contributed by atoms with Gasteiger partial charge in [-0.3, -0.25) is 0 Å². The van der Waals surface area contributed by atoms with E-state index in [1.807, 2.05) is 73.7 Å². The molecule has 0 saturated carbocycles. The second kappa shape index (κ2) is 9.26. The maximum Gasteiger partial charge on any atom is 0.319 e. The normalized spacial score (nSPS) is 12.7. The third kappa shape index (κ3) is 5.36. The molecule has 0 aliphatic heterocycles. The van der Waals surface area contributed by atoms with E-state index in [1.54, 1.807) is 19.1 Å². The number of hydrogen-bond donors (Lipinski definition) is 3. The van der Waals surface area contributed by atoms with Crippen LogP contribution in [-0.2, 0) is 5.60 Å². The van der Waals surface area contributed by atoms with Crippen LogP contribution in [0.5, 0.6) is 5.75 Å². The maximum atomic E-state index is 12.3. The molecule has 5 nitrogen and oxygen atoms in total. The summed E-state index contributed by atoms with van der Waals surface area (Å²) in [5.74, 6) is 0.605. The van der Waals surface area contributed by atoms with E-state index >= 15 is 0 Å². The first-order valence-electron chi connectivity index (χ1n) is 9.64. The van der Waals surface area contributed by atoms with E-state index < -0.39 is 11.6 Å². The van der Waals surface area contributed by atoms with Crippen molar-refractivity contribution in [2.45, 2.75) is 19.4 Å². The number of carbonyl (C=O) groups excluding carboxylic acids is 1. The predicted octanol–water partition coefficient (Wildman–Crippen LogP) is 4.78. The van der Waals surface area contributed by atoms with E-state index in [9.17, 15) is 9.90 Å². The van der Waals surface area contributed by atoms with E-state index in [1.165, 1.54) is 0 Å². The zero-order chi connectivity index (χ0) is 20.7. The number of rotatable bonds is 7. The highest BCUT2D eigenvalue weighted by atomic mass is 16.5. The van der Waals surface area contributed by atoms with Crippen molar-refractivity contribution < 1.29 is 14.6 Å². The lowest BCUT2D eigenvalue weighted by Crippen LogP contribution is -2.40. The molecular formula is C24H26N2O3. The molecule has 1 unspecified atom stereocenters. The van der Waals surface area contributed by atoms with Crippen molar-refractivity contribution in [2.75, 3.05) is 18.5 Å². The second-order valence-electron chi connectivity index (χ2n) is 6.95. The number of nitrogens with one attached hydrogen (secondary N) is 2. The predicted molar refractivity (Wildman–Crippen MR) is 116 cm³/mol. The van der Waals surface area contributed by atoms with Gasteiger partial charge in [-0.15, -0.1) is 0 Å². The van der Waals surface area contributed by atoms with Gasteiger partial charge in [-0.05, 0) is 42.7 Å². The zero-order valence-electron chi connectivity index (χ0n) is 16.7. The second-order valence-corrected chi connectivity index (χ2v) is 6.95. The Hall–Kier alpha value is -3.31. The maximum absolute atomic E-state index is 12.3. The van der Waals surface area contributed by atoms with Crippen LogP contribution in [0.15, 0.2) is 78.9 Å². The lowest BCUT2D eigenvalue weighted by Gasteiger charge is -2.25. The average molecular weight is 390 g/mol. The van der Waals surface area contributed by atoms with Crippen LogP contribution in [0.1, 0.15) is 19.4 Å². The van der Waals surface area contributed by atoms with Gasteiger partial charge in [-0.25, -0.2) is 4.79 Å². The first kappa shape index (κ1) is 20.4. The Bertz CT molecular complexity index is 938. The van der Waals surface area contributed by atoms with Crippen LogP contribution in [-0.4, -0.2) is 24.3 Å². The van der Waals surface area contributed by atoms with Crippen molar-refractivity contribution in [3.05, 3.63) is 84.4 Å². The molecule has 0 aliphatic rings. The molecule has 0 radical (unpaired) electrons. The molecule has 1 atom stereocenters. The van der Waals surface area contributed by atoms with E-state index in [0.717, 1.165) is 16.7 Å². The Morgan fingerprint density at radius 2 is 1.55 bits per heavy atom. The standard InChI is InChI=1S/C24H26N2O3/c1-3-29-22-12-8-7-11-21(22)26-23(27)25-17-24(2,28)20-15-13-19(14-16-20)18-9-5-4-6-10-18/h4-16,28H,3,17H2,1-2H3,(H2,25,26,27). The Morgan fingerprint density at radius 1 is 0.931 bits per heavy atom. The number of amides is 2. The minimum absolute atomic E-state index is 0.0698. The van der Waals surface area contributed by atoms with Crippen molar-refractivity contribution in [3.8, 4) is 16.9 Å². The summed E-state index contributed by atoms with van der Waals surface area (Å²) in [5, 5.41) is 16.3. The summed E-state index contributed by atoms with van der Waals surface area (Å²) in [5.41, 5.74) is 2.30. The monoisotopic (exact) mass is 390 g/mol. The summed E-state index contributed by atoms with van der Waals surface area (Å²) >= 11 is 0. The summed E-state index contributed by atoms with van der Waals surface area (Å²) in [6.07, 6.45) is 0. The molecular weight excluding hydrogens is 364 g/mol.